The van der Waals surface area contributed by atoms with Gasteiger partial charge >= 0.3 is 0 Å². The van der Waals surface area contributed by atoms with Crippen LogP contribution in [0.1, 0.15) is 19.0 Å². The number of carbonyl (C=O) groups is 1. The number of ketones is 1. The second-order valence-corrected chi connectivity index (χ2v) is 3.21. The van der Waals surface area contributed by atoms with E-state index in [4.69, 9.17) is 11.6 Å². The Morgan fingerprint density at radius 3 is 2.62 bits per heavy atom. The highest BCUT2D eigenvalue weighted by Gasteiger charge is 2.12. The first-order valence-corrected chi connectivity index (χ1v) is 4.39. The van der Waals surface area contributed by atoms with E-state index in [0.717, 1.165) is 0 Å². The van der Waals surface area contributed by atoms with Gasteiger partial charge in [-0.05, 0) is 0 Å². The van der Waals surface area contributed by atoms with Gasteiger partial charge in [0.1, 0.15) is 10.8 Å². The van der Waals surface area contributed by atoms with Crippen molar-refractivity contribution in [1.29, 1.82) is 0 Å². The van der Waals surface area contributed by atoms with Crippen molar-refractivity contribution >= 4 is 17.4 Å². The summed E-state index contributed by atoms with van der Waals surface area (Å²) >= 11 is 5.70. The Kier molecular flexibility index (Phi) is 2.93. The van der Waals surface area contributed by atoms with Crippen molar-refractivity contribution in [2.24, 2.45) is 7.05 Å². The van der Waals surface area contributed by atoms with Gasteiger partial charge in [-0.3, -0.25) is 19.4 Å². The molecule has 1 N–H and O–H groups in total. The van der Waals surface area contributed by atoms with Crippen LogP contribution in [0.5, 0.6) is 0 Å². The van der Waals surface area contributed by atoms with Crippen LogP contribution in [0.3, 0.4) is 0 Å². The van der Waals surface area contributed by atoms with E-state index in [1.54, 1.807) is 14.0 Å². The molecule has 0 aliphatic rings. The summed E-state index contributed by atoms with van der Waals surface area (Å²) in [6.07, 6.45) is 0.667. The van der Waals surface area contributed by atoms with Crippen LogP contribution >= 0.6 is 11.6 Å². The number of nitrogens with zero attached hydrogens (tertiary/aromatic N) is 1. The van der Waals surface area contributed by atoms with Crippen molar-refractivity contribution in [2.45, 2.75) is 19.8 Å². The standard InChI is InChI=1S/C8H11ClN2O2/c1-3-5(12)4-6-7(9)8(13)10-11(6)2/h3-4H2,1-2H3,(H,10,13). The third kappa shape index (κ3) is 2.01. The molecule has 1 rings (SSSR count). The van der Waals surface area contributed by atoms with Gasteiger partial charge in [-0.15, -0.1) is 0 Å². The Labute approximate surface area is 80.5 Å². The van der Waals surface area contributed by atoms with E-state index in [-0.39, 0.29) is 22.8 Å². The maximum atomic E-state index is 11.1. The Morgan fingerprint density at radius 2 is 2.23 bits per heavy atom. The molecular formula is C8H11ClN2O2. The van der Waals surface area contributed by atoms with Crippen LogP contribution in [0.2, 0.25) is 5.02 Å². The minimum atomic E-state index is -0.344. The van der Waals surface area contributed by atoms with E-state index in [9.17, 15) is 9.59 Å². The molecule has 0 unspecified atom stereocenters. The zero-order valence-corrected chi connectivity index (χ0v) is 8.31. The number of hydrogen-bond acceptors (Lipinski definition) is 2. The number of halogens is 1. The highest BCUT2D eigenvalue weighted by molar-refractivity contribution is 6.31. The molecule has 0 spiro atoms. The molecular weight excluding hydrogens is 192 g/mol. The molecule has 0 atom stereocenters. The molecule has 0 aliphatic carbocycles. The lowest BCUT2D eigenvalue weighted by Gasteiger charge is -2.00. The summed E-state index contributed by atoms with van der Waals surface area (Å²) in [5.41, 5.74) is 0.210. The average molecular weight is 203 g/mol. The van der Waals surface area contributed by atoms with Crippen molar-refractivity contribution in [1.82, 2.24) is 9.78 Å². The summed E-state index contributed by atoms with van der Waals surface area (Å²) in [5, 5.41) is 2.60. The molecule has 1 aromatic heterocycles. The van der Waals surface area contributed by atoms with E-state index in [1.165, 1.54) is 4.68 Å². The molecule has 0 bridgehead atoms. The van der Waals surface area contributed by atoms with Crippen LogP contribution in [0.4, 0.5) is 0 Å². The Bertz CT molecular complexity index is 378. The summed E-state index contributed by atoms with van der Waals surface area (Å²) in [4.78, 5) is 22.1. The fourth-order valence-electron chi connectivity index (χ4n) is 1.06. The van der Waals surface area contributed by atoms with E-state index in [1.807, 2.05) is 0 Å². The lowest BCUT2D eigenvalue weighted by atomic mass is 10.2. The lowest BCUT2D eigenvalue weighted by molar-refractivity contribution is -0.118. The molecule has 5 heteroatoms. The van der Waals surface area contributed by atoms with Gasteiger partial charge in [-0.2, -0.15) is 0 Å². The molecule has 0 radical (unpaired) electrons. The first-order chi connectivity index (χ1) is 6.06. The second-order valence-electron chi connectivity index (χ2n) is 2.83. The topological polar surface area (TPSA) is 54.9 Å². The van der Waals surface area contributed by atoms with Gasteiger partial charge in [-0.1, -0.05) is 18.5 Å². The predicted octanol–water partition coefficient (Wildman–Crippen LogP) is 0.888. The van der Waals surface area contributed by atoms with E-state index >= 15 is 0 Å². The van der Waals surface area contributed by atoms with Crippen molar-refractivity contribution in [3.05, 3.63) is 21.1 Å². The van der Waals surface area contributed by atoms with Gasteiger partial charge in [0.05, 0.1) is 5.69 Å². The number of aryl methyl sites for hydroxylation is 1. The van der Waals surface area contributed by atoms with Gasteiger partial charge in [0.2, 0.25) is 0 Å². The molecule has 0 fully saturated rings. The number of carbonyl (C=O) groups excluding carboxylic acids is 1. The quantitative estimate of drug-likeness (QED) is 0.792. The van der Waals surface area contributed by atoms with Crippen LogP contribution in [0.15, 0.2) is 4.79 Å². The summed E-state index contributed by atoms with van der Waals surface area (Å²) < 4.78 is 1.48. The normalized spacial score (nSPS) is 10.4. The molecule has 4 nitrogen and oxygen atoms in total. The minimum absolute atomic E-state index is 0.0662. The Morgan fingerprint density at radius 1 is 1.62 bits per heavy atom. The first-order valence-electron chi connectivity index (χ1n) is 4.01. The zero-order valence-electron chi connectivity index (χ0n) is 7.56. The molecule has 0 saturated heterocycles. The summed E-state index contributed by atoms with van der Waals surface area (Å²) in [7, 11) is 1.66. The number of aromatic amines is 1. The van der Waals surface area contributed by atoms with Crippen LogP contribution in [-0.4, -0.2) is 15.6 Å². The number of rotatable bonds is 3. The molecule has 0 aliphatic heterocycles. The highest BCUT2D eigenvalue weighted by Crippen LogP contribution is 2.10. The molecule has 0 aromatic carbocycles. The number of H-pyrrole nitrogens is 1. The minimum Gasteiger partial charge on any atom is -0.299 e. The zero-order chi connectivity index (χ0) is 10.0. The molecule has 13 heavy (non-hydrogen) atoms. The molecule has 1 heterocycles. The smallest absolute Gasteiger partial charge is 0.283 e. The first kappa shape index (κ1) is 10.1. The van der Waals surface area contributed by atoms with Crippen molar-refractivity contribution in [3.63, 3.8) is 0 Å². The van der Waals surface area contributed by atoms with Crippen molar-refractivity contribution < 1.29 is 4.79 Å². The molecule has 1 aromatic rings. The fourth-order valence-corrected chi connectivity index (χ4v) is 1.29. The van der Waals surface area contributed by atoms with Gasteiger partial charge in [0.25, 0.3) is 5.56 Å². The average Bonchev–Trinajstić information content (AvgIpc) is 2.32. The van der Waals surface area contributed by atoms with Crippen molar-refractivity contribution in [2.75, 3.05) is 0 Å². The Balaban J connectivity index is 3.01. The highest BCUT2D eigenvalue weighted by atomic mass is 35.5. The van der Waals surface area contributed by atoms with Crippen LogP contribution in [0.25, 0.3) is 0 Å². The number of nitrogens with one attached hydrogen (secondary N) is 1. The maximum Gasteiger partial charge on any atom is 0.283 e. The molecule has 0 amide bonds. The molecule has 0 saturated carbocycles. The van der Waals surface area contributed by atoms with Crippen LogP contribution < -0.4 is 5.56 Å². The maximum absolute atomic E-state index is 11.1. The Hall–Kier alpha value is -1.03. The van der Waals surface area contributed by atoms with Crippen LogP contribution in [-0.2, 0) is 18.3 Å². The fraction of sp³-hybridized carbons (Fsp3) is 0.500. The van der Waals surface area contributed by atoms with Gasteiger partial charge < -0.3 is 0 Å². The number of aromatic nitrogens is 2. The molecule has 72 valence electrons. The van der Waals surface area contributed by atoms with E-state index in [0.29, 0.717) is 12.1 Å². The van der Waals surface area contributed by atoms with E-state index in [2.05, 4.69) is 5.10 Å². The largest absolute Gasteiger partial charge is 0.299 e. The van der Waals surface area contributed by atoms with E-state index < -0.39 is 0 Å². The number of hydrogen-bond donors (Lipinski definition) is 1. The van der Waals surface area contributed by atoms with Crippen molar-refractivity contribution in [3.8, 4) is 0 Å². The number of Topliss-reactive ketones (excluding diaryl/α,β-unsaturated/α-hetero) is 1. The summed E-state index contributed by atoms with van der Waals surface area (Å²) in [6, 6.07) is 0. The third-order valence-electron chi connectivity index (χ3n) is 1.89. The monoisotopic (exact) mass is 202 g/mol. The lowest BCUT2D eigenvalue weighted by Crippen LogP contribution is -2.06. The summed E-state index contributed by atoms with van der Waals surface area (Å²) in [6.45, 7) is 1.78. The SMILES string of the molecule is CCC(=O)Cc1c(Cl)c(=O)[nH]n1C. The summed E-state index contributed by atoms with van der Waals surface area (Å²) in [5.74, 6) is 0.0662. The third-order valence-corrected chi connectivity index (χ3v) is 2.28. The van der Waals surface area contributed by atoms with Crippen LogP contribution in [0, 0.1) is 0 Å². The van der Waals surface area contributed by atoms with Gasteiger partial charge in [0.15, 0.2) is 0 Å². The second kappa shape index (κ2) is 3.79. The predicted molar refractivity (Wildman–Crippen MR) is 50.0 cm³/mol. The van der Waals surface area contributed by atoms with Gasteiger partial charge in [-0.25, -0.2) is 0 Å². The van der Waals surface area contributed by atoms with Gasteiger partial charge in [0, 0.05) is 19.9 Å².